The zero-order chi connectivity index (χ0) is 71.5. The van der Waals surface area contributed by atoms with E-state index in [4.69, 9.17) is 52.8 Å². The minimum absolute atomic E-state index is 0.0377. The molecule has 0 atom stereocenters. The van der Waals surface area contributed by atoms with Crippen molar-refractivity contribution in [3.05, 3.63) is 179 Å². The molecule has 16 heteroatoms. The van der Waals surface area contributed by atoms with E-state index in [-0.39, 0.29) is 57.5 Å². The Bertz CT molecular complexity index is 2910. The van der Waals surface area contributed by atoms with Gasteiger partial charge in [-0.3, -0.25) is 0 Å². The fraction of sp³-hybridized carbons (Fsp3) is 0.500. The highest BCUT2D eigenvalue weighted by Crippen LogP contribution is 2.24. The summed E-state index contributed by atoms with van der Waals surface area (Å²) in [5.74, 6) is 0.147. The lowest BCUT2D eigenvalue weighted by atomic mass is 9.90. The number of aliphatic hydroxyl groups excluding tert-OH is 3. The molecule has 4 aromatic rings. The summed E-state index contributed by atoms with van der Waals surface area (Å²) in [6.45, 7) is 30.9. The van der Waals surface area contributed by atoms with E-state index in [0.717, 1.165) is 97.1 Å². The maximum atomic E-state index is 11.7. The van der Waals surface area contributed by atoms with Gasteiger partial charge in [0.2, 0.25) is 0 Å². The molecule has 3 N–H and O–H groups in total. The van der Waals surface area contributed by atoms with Gasteiger partial charge in [0.1, 0.15) is 31.3 Å². The molecule has 0 aliphatic rings. The molecule has 0 heterocycles. The molecule has 532 valence electrons. The Hall–Kier alpha value is -7.44. The molecule has 0 radical (unpaired) electrons. The number of carbonyl (C=O) groups is 4. The van der Waals surface area contributed by atoms with E-state index in [1.165, 1.54) is 24.3 Å². The molecule has 0 bridgehead atoms. The summed E-state index contributed by atoms with van der Waals surface area (Å²) in [5.41, 5.74) is 7.23. The molecule has 0 spiro atoms. The number of ether oxygens (including phenoxy) is 9. The normalized spacial score (nSPS) is 11.9. The Morgan fingerprint density at radius 2 is 0.667 bits per heavy atom. The maximum Gasteiger partial charge on any atom is 0.330 e. The van der Waals surface area contributed by atoms with Crippen LogP contribution >= 0.6 is 0 Å². The van der Waals surface area contributed by atoms with Crippen LogP contribution in [-0.2, 0) is 72.2 Å². The number of methoxy groups -OCH3 is 2. The first-order valence-electron chi connectivity index (χ1n) is 33.3. The molecule has 0 amide bonds. The van der Waals surface area contributed by atoms with E-state index in [9.17, 15) is 24.3 Å². The Balaban J connectivity index is 0.000000640. The van der Waals surface area contributed by atoms with Crippen molar-refractivity contribution in [3.63, 3.8) is 0 Å². The van der Waals surface area contributed by atoms with Crippen LogP contribution in [0.4, 0.5) is 0 Å². The molecule has 0 saturated heterocycles. The van der Waals surface area contributed by atoms with Crippen molar-refractivity contribution in [1.29, 1.82) is 0 Å². The van der Waals surface area contributed by atoms with Crippen LogP contribution in [0.15, 0.2) is 140 Å². The Kier molecular flexibility index (Phi) is 45.9. The summed E-state index contributed by atoms with van der Waals surface area (Å²) in [4.78, 5) is 46.3. The van der Waals surface area contributed by atoms with Crippen LogP contribution in [0.5, 0.6) is 11.5 Å². The monoisotopic (exact) mass is 1330 g/mol. The number of hydrogen-bond donors (Lipinski definition) is 3. The van der Waals surface area contributed by atoms with Crippen molar-refractivity contribution in [1.82, 2.24) is 0 Å². The lowest BCUT2D eigenvalue weighted by molar-refractivity contribution is -0.140. The van der Waals surface area contributed by atoms with Gasteiger partial charge in [0.25, 0.3) is 0 Å². The standard InChI is InChI=1S/C21H30O4.C20H30O5.C20H28O3.C19H28O4/c1-21(2,3)13-6-14-24-15-16-25-20(23)8-5-4-7-18-9-11-19(17-22)12-10-18;1-20(2,3)9-4-10-24-11-12-25-19(23)8-6-16-5-7-17(14-21)18(13-16)15-22;1-20(2,3)15-7-8-16-23-19(21)10-6-5-9-17-11-13-18(22-4)14-12-17;1-19(2,3)12-5-13-22-14-15-23-18(20)11-8-16-6-9-17(21-4)10-7-16/h4-5,7-12,22H,6,13-17H2,1-3H3;5-8,13,21-22H,4,9-12,14-15H2,1-3H3;5-6,9-14H,7-8,15-16H2,1-4H3;6-11H,5,12-15H2,1-4H3/b7-4+,8-5+;8-6+;9-5+,10-6+;11-8+. The largest absolute Gasteiger partial charge is 0.497 e. The zero-order valence-corrected chi connectivity index (χ0v) is 60.3. The average Bonchev–Trinajstić information content (AvgIpc) is 1.01. The quantitative estimate of drug-likeness (QED) is 0.0126. The summed E-state index contributed by atoms with van der Waals surface area (Å²) < 4.78 is 46.9. The second-order valence-corrected chi connectivity index (χ2v) is 27.4. The molecule has 16 nitrogen and oxygen atoms in total. The smallest absolute Gasteiger partial charge is 0.330 e. The molecule has 0 aliphatic heterocycles. The van der Waals surface area contributed by atoms with E-state index in [2.05, 4.69) is 83.1 Å². The van der Waals surface area contributed by atoms with Crippen molar-refractivity contribution in [2.75, 3.05) is 80.3 Å². The van der Waals surface area contributed by atoms with Gasteiger partial charge in [0.15, 0.2) is 0 Å². The Morgan fingerprint density at radius 1 is 0.333 bits per heavy atom. The molecule has 4 rings (SSSR count). The topological polar surface area (TPSA) is 212 Å². The number of unbranched alkanes of at least 4 members (excludes halogenated alkanes) is 1. The van der Waals surface area contributed by atoms with Crippen molar-refractivity contribution >= 4 is 48.2 Å². The summed E-state index contributed by atoms with van der Waals surface area (Å²) >= 11 is 0. The average molecular weight is 1330 g/mol. The van der Waals surface area contributed by atoms with E-state index in [0.29, 0.717) is 79.0 Å². The van der Waals surface area contributed by atoms with Gasteiger partial charge < -0.3 is 58.0 Å². The van der Waals surface area contributed by atoms with Crippen LogP contribution in [0.2, 0.25) is 0 Å². The number of hydrogen-bond acceptors (Lipinski definition) is 16. The highest BCUT2D eigenvalue weighted by atomic mass is 16.6. The van der Waals surface area contributed by atoms with Gasteiger partial charge in [0.05, 0.1) is 60.5 Å². The highest BCUT2D eigenvalue weighted by Gasteiger charge is 2.12. The van der Waals surface area contributed by atoms with E-state index in [1.54, 1.807) is 62.8 Å². The molecular weight excluding hydrogens is 1220 g/mol. The predicted molar refractivity (Wildman–Crippen MR) is 387 cm³/mol. The second-order valence-electron chi connectivity index (χ2n) is 27.4. The summed E-state index contributed by atoms with van der Waals surface area (Å²) in [5, 5.41) is 27.4. The third kappa shape index (κ3) is 50.9. The van der Waals surface area contributed by atoms with Crippen molar-refractivity contribution in [2.24, 2.45) is 21.7 Å². The van der Waals surface area contributed by atoms with Crippen molar-refractivity contribution in [3.8, 4) is 11.5 Å². The lowest BCUT2D eigenvalue weighted by Gasteiger charge is -2.17. The van der Waals surface area contributed by atoms with Gasteiger partial charge in [-0.05, 0) is 161 Å². The molecule has 96 heavy (non-hydrogen) atoms. The summed E-state index contributed by atoms with van der Waals surface area (Å²) in [7, 11) is 3.26. The van der Waals surface area contributed by atoms with Crippen LogP contribution in [0.25, 0.3) is 24.3 Å². The second kappa shape index (κ2) is 50.9. The van der Waals surface area contributed by atoms with Crippen LogP contribution in [0, 0.1) is 21.7 Å². The van der Waals surface area contributed by atoms with Crippen LogP contribution < -0.4 is 9.47 Å². The summed E-state index contributed by atoms with van der Waals surface area (Å²) in [6.07, 6.45) is 29.2. The fourth-order valence-electron chi connectivity index (χ4n) is 8.29. The zero-order valence-electron chi connectivity index (χ0n) is 60.3. The van der Waals surface area contributed by atoms with Gasteiger partial charge >= 0.3 is 23.9 Å². The third-order valence-electron chi connectivity index (χ3n) is 13.7. The Morgan fingerprint density at radius 3 is 1.03 bits per heavy atom. The minimum atomic E-state index is -0.435. The van der Waals surface area contributed by atoms with Crippen molar-refractivity contribution in [2.45, 2.75) is 161 Å². The van der Waals surface area contributed by atoms with Gasteiger partial charge in [-0.2, -0.15) is 0 Å². The van der Waals surface area contributed by atoms with Gasteiger partial charge in [0, 0.05) is 44.1 Å². The first-order valence-corrected chi connectivity index (χ1v) is 33.3. The number of rotatable bonds is 37. The number of benzene rings is 4. The Labute approximate surface area is 575 Å². The molecule has 4 aromatic carbocycles. The number of esters is 4. The molecule has 0 fully saturated rings. The highest BCUT2D eigenvalue weighted by molar-refractivity contribution is 5.87. The molecular formula is C80H116O16. The van der Waals surface area contributed by atoms with Gasteiger partial charge in [-0.1, -0.05) is 180 Å². The van der Waals surface area contributed by atoms with E-state index < -0.39 is 5.97 Å². The molecule has 0 aromatic heterocycles. The van der Waals surface area contributed by atoms with Gasteiger partial charge in [-0.25, -0.2) is 19.2 Å². The lowest BCUT2D eigenvalue weighted by Crippen LogP contribution is -2.11. The fourth-order valence-corrected chi connectivity index (χ4v) is 8.29. The summed E-state index contributed by atoms with van der Waals surface area (Å²) in [6, 6.07) is 27.9. The van der Waals surface area contributed by atoms with Crippen LogP contribution in [0.1, 0.15) is 180 Å². The number of carbonyl (C=O) groups excluding carboxylic acids is 4. The van der Waals surface area contributed by atoms with Crippen molar-refractivity contribution < 1.29 is 77.1 Å². The number of allylic oxidation sites excluding steroid dienone is 4. The molecule has 0 unspecified atom stereocenters. The predicted octanol–water partition coefficient (Wildman–Crippen LogP) is 16.3. The van der Waals surface area contributed by atoms with E-state index in [1.807, 2.05) is 91.0 Å². The number of aliphatic hydroxyl groups is 3. The molecule has 0 aliphatic carbocycles. The SMILES string of the molecule is CC(C)(C)CCCOCCOC(=O)/C=C/C=C/c1ccc(CO)cc1.CC(C)(C)CCCOCCOC(=O)/C=C/c1ccc(CO)c(CO)c1.COc1ccc(/C=C/C(=O)OCCOCCCC(C)(C)C)cc1.COc1ccc(/C=C/C=C/C(=O)OCCCCC(C)(C)C)cc1. The van der Waals surface area contributed by atoms with E-state index >= 15 is 0 Å². The van der Waals surface area contributed by atoms with Gasteiger partial charge in [-0.15, -0.1) is 0 Å². The first-order chi connectivity index (χ1) is 45.6. The maximum absolute atomic E-state index is 11.7. The first kappa shape index (κ1) is 86.6. The molecule has 0 saturated carbocycles. The van der Waals surface area contributed by atoms with Crippen LogP contribution in [-0.4, -0.2) is 119 Å². The third-order valence-corrected chi connectivity index (χ3v) is 13.7. The van der Waals surface area contributed by atoms with Crippen LogP contribution in [0.3, 0.4) is 0 Å². The minimum Gasteiger partial charge on any atom is -0.497 e.